The summed E-state index contributed by atoms with van der Waals surface area (Å²) in [6.45, 7) is 7.79. The van der Waals surface area contributed by atoms with E-state index in [1.54, 1.807) is 6.92 Å². The summed E-state index contributed by atoms with van der Waals surface area (Å²) < 4.78 is 0. The molecule has 0 atom stereocenters. The predicted octanol–water partition coefficient (Wildman–Crippen LogP) is 2.52. The van der Waals surface area contributed by atoms with Crippen LogP contribution in [-0.2, 0) is 4.79 Å². The van der Waals surface area contributed by atoms with Gasteiger partial charge in [0.25, 0.3) is 0 Å². The van der Waals surface area contributed by atoms with Gasteiger partial charge in [0.2, 0.25) is 5.91 Å². The normalized spacial score (nSPS) is 18.6. The topological polar surface area (TPSA) is 20.3 Å². The van der Waals surface area contributed by atoms with Crippen LogP contribution in [0.2, 0.25) is 0 Å². The fraction of sp³-hybridized carbons (Fsp3) is 0.583. The van der Waals surface area contributed by atoms with Gasteiger partial charge in [-0.15, -0.1) is 0 Å². The van der Waals surface area contributed by atoms with Crippen molar-refractivity contribution in [1.29, 1.82) is 0 Å². The molecular weight excluding hydrogens is 174 g/mol. The average molecular weight is 193 g/mol. The zero-order valence-corrected chi connectivity index (χ0v) is 9.45. The SMILES string of the molecule is CC(=O)N(C(C)C)C1(C)C=CCC=C1. The molecule has 0 N–H and O–H groups in total. The molecule has 78 valence electrons. The maximum absolute atomic E-state index is 11.5. The van der Waals surface area contributed by atoms with Gasteiger partial charge in [-0.25, -0.2) is 0 Å². The smallest absolute Gasteiger partial charge is 0.220 e. The van der Waals surface area contributed by atoms with Gasteiger partial charge < -0.3 is 4.90 Å². The molecule has 0 heterocycles. The lowest BCUT2D eigenvalue weighted by atomic mass is 9.92. The van der Waals surface area contributed by atoms with Crippen LogP contribution in [0.25, 0.3) is 0 Å². The van der Waals surface area contributed by atoms with Gasteiger partial charge in [0.15, 0.2) is 0 Å². The van der Waals surface area contributed by atoms with E-state index in [0.717, 1.165) is 6.42 Å². The van der Waals surface area contributed by atoms with Gasteiger partial charge in [0.1, 0.15) is 0 Å². The van der Waals surface area contributed by atoms with E-state index in [1.165, 1.54) is 0 Å². The Balaban J connectivity index is 2.97. The lowest BCUT2D eigenvalue weighted by Crippen LogP contribution is -2.50. The maximum atomic E-state index is 11.5. The van der Waals surface area contributed by atoms with Crippen LogP contribution in [0.1, 0.15) is 34.1 Å². The molecule has 14 heavy (non-hydrogen) atoms. The maximum Gasteiger partial charge on any atom is 0.220 e. The van der Waals surface area contributed by atoms with E-state index in [0.29, 0.717) is 0 Å². The minimum Gasteiger partial charge on any atom is -0.328 e. The van der Waals surface area contributed by atoms with Crippen molar-refractivity contribution in [2.75, 3.05) is 0 Å². The van der Waals surface area contributed by atoms with Gasteiger partial charge in [-0.1, -0.05) is 24.3 Å². The second kappa shape index (κ2) is 3.99. The van der Waals surface area contributed by atoms with Gasteiger partial charge in [-0.3, -0.25) is 4.79 Å². The van der Waals surface area contributed by atoms with Crippen LogP contribution in [0.15, 0.2) is 24.3 Å². The van der Waals surface area contributed by atoms with Crippen LogP contribution in [0.3, 0.4) is 0 Å². The highest BCUT2D eigenvalue weighted by molar-refractivity contribution is 5.75. The number of rotatable bonds is 2. The molecular formula is C12H19NO. The summed E-state index contributed by atoms with van der Waals surface area (Å²) in [4.78, 5) is 13.4. The number of carbonyl (C=O) groups excluding carboxylic acids is 1. The second-order valence-electron chi connectivity index (χ2n) is 4.25. The summed E-state index contributed by atoms with van der Waals surface area (Å²) in [5.41, 5.74) is -0.238. The molecule has 1 aliphatic rings. The Labute approximate surface area is 86.3 Å². The molecule has 0 spiro atoms. The van der Waals surface area contributed by atoms with Crippen molar-refractivity contribution in [2.45, 2.75) is 45.7 Å². The summed E-state index contributed by atoms with van der Waals surface area (Å²) in [6.07, 6.45) is 9.40. The first-order valence-electron chi connectivity index (χ1n) is 5.12. The molecule has 0 unspecified atom stereocenters. The van der Waals surface area contributed by atoms with Gasteiger partial charge in [-0.2, -0.15) is 0 Å². The van der Waals surface area contributed by atoms with Crippen LogP contribution >= 0.6 is 0 Å². The molecule has 0 aromatic heterocycles. The molecule has 0 aliphatic heterocycles. The van der Waals surface area contributed by atoms with Crippen molar-refractivity contribution in [3.05, 3.63) is 24.3 Å². The van der Waals surface area contributed by atoms with Gasteiger partial charge in [0.05, 0.1) is 5.54 Å². The van der Waals surface area contributed by atoms with Crippen LogP contribution in [-0.4, -0.2) is 22.4 Å². The Morgan fingerprint density at radius 3 is 2.21 bits per heavy atom. The minimum absolute atomic E-state index is 0.124. The first kappa shape index (κ1) is 11.0. The zero-order chi connectivity index (χ0) is 10.8. The van der Waals surface area contributed by atoms with Crippen LogP contribution in [0.5, 0.6) is 0 Å². The fourth-order valence-corrected chi connectivity index (χ4v) is 2.17. The van der Waals surface area contributed by atoms with Crippen molar-refractivity contribution >= 4 is 5.91 Å². The van der Waals surface area contributed by atoms with Crippen molar-refractivity contribution in [3.8, 4) is 0 Å². The molecule has 1 aliphatic carbocycles. The standard InChI is InChI=1S/C12H19NO/c1-10(2)13(11(3)14)12(4)8-6-5-7-9-12/h6-10H,5H2,1-4H3. The van der Waals surface area contributed by atoms with Gasteiger partial charge >= 0.3 is 0 Å². The first-order chi connectivity index (χ1) is 6.47. The molecule has 0 radical (unpaired) electrons. The Morgan fingerprint density at radius 2 is 1.86 bits per heavy atom. The quantitative estimate of drug-likeness (QED) is 0.617. The Bertz CT molecular complexity index is 264. The third-order valence-corrected chi connectivity index (χ3v) is 2.56. The van der Waals surface area contributed by atoms with E-state index in [1.807, 2.05) is 18.7 Å². The predicted molar refractivity (Wildman–Crippen MR) is 59.0 cm³/mol. The lowest BCUT2D eigenvalue weighted by Gasteiger charge is -2.40. The molecule has 0 saturated carbocycles. The summed E-state index contributed by atoms with van der Waals surface area (Å²) in [5, 5.41) is 0. The fourth-order valence-electron chi connectivity index (χ4n) is 2.17. The summed E-state index contributed by atoms with van der Waals surface area (Å²) in [6, 6.07) is 0.227. The molecule has 0 saturated heterocycles. The van der Waals surface area contributed by atoms with E-state index in [9.17, 15) is 4.79 Å². The number of hydrogen-bond acceptors (Lipinski definition) is 1. The van der Waals surface area contributed by atoms with Gasteiger partial charge in [-0.05, 0) is 27.2 Å². The van der Waals surface area contributed by atoms with E-state index in [4.69, 9.17) is 0 Å². The number of nitrogens with zero attached hydrogens (tertiary/aromatic N) is 1. The third-order valence-electron chi connectivity index (χ3n) is 2.56. The molecule has 0 aromatic rings. The van der Waals surface area contributed by atoms with Crippen LogP contribution < -0.4 is 0 Å². The number of carbonyl (C=O) groups is 1. The zero-order valence-electron chi connectivity index (χ0n) is 9.45. The highest BCUT2D eigenvalue weighted by atomic mass is 16.2. The largest absolute Gasteiger partial charge is 0.328 e. The highest BCUT2D eigenvalue weighted by Crippen LogP contribution is 2.25. The van der Waals surface area contributed by atoms with Crippen LogP contribution in [0, 0.1) is 0 Å². The number of allylic oxidation sites excluding steroid dienone is 2. The number of amides is 1. The molecule has 1 rings (SSSR count). The summed E-state index contributed by atoms with van der Waals surface area (Å²) >= 11 is 0. The number of hydrogen-bond donors (Lipinski definition) is 0. The second-order valence-corrected chi connectivity index (χ2v) is 4.25. The summed E-state index contributed by atoms with van der Waals surface area (Å²) in [5.74, 6) is 0.124. The molecule has 0 bridgehead atoms. The molecule has 2 nitrogen and oxygen atoms in total. The van der Waals surface area contributed by atoms with Crippen molar-refractivity contribution in [1.82, 2.24) is 4.90 Å². The third kappa shape index (κ3) is 2.06. The first-order valence-corrected chi connectivity index (χ1v) is 5.12. The molecule has 0 aromatic carbocycles. The molecule has 2 heteroatoms. The van der Waals surface area contributed by atoms with Crippen LogP contribution in [0.4, 0.5) is 0 Å². The average Bonchev–Trinajstić information content (AvgIpc) is 2.02. The van der Waals surface area contributed by atoms with E-state index in [2.05, 4.69) is 31.2 Å². The molecule has 1 amide bonds. The Hall–Kier alpha value is -1.05. The van der Waals surface area contributed by atoms with E-state index in [-0.39, 0.29) is 17.5 Å². The van der Waals surface area contributed by atoms with Gasteiger partial charge in [0, 0.05) is 13.0 Å². The van der Waals surface area contributed by atoms with Crippen molar-refractivity contribution < 1.29 is 4.79 Å². The van der Waals surface area contributed by atoms with Crippen molar-refractivity contribution in [3.63, 3.8) is 0 Å². The summed E-state index contributed by atoms with van der Waals surface area (Å²) in [7, 11) is 0. The Kier molecular flexibility index (Phi) is 3.14. The van der Waals surface area contributed by atoms with E-state index >= 15 is 0 Å². The molecule has 0 fully saturated rings. The van der Waals surface area contributed by atoms with E-state index < -0.39 is 0 Å². The lowest BCUT2D eigenvalue weighted by molar-refractivity contribution is -0.133. The van der Waals surface area contributed by atoms with Crippen molar-refractivity contribution in [2.24, 2.45) is 0 Å². The minimum atomic E-state index is -0.238. The monoisotopic (exact) mass is 193 g/mol. The Morgan fingerprint density at radius 1 is 1.36 bits per heavy atom. The highest BCUT2D eigenvalue weighted by Gasteiger charge is 2.31.